The monoisotopic (exact) mass is 370 g/mol. The first-order chi connectivity index (χ1) is 13.1. The Balaban J connectivity index is 1.58. The topological polar surface area (TPSA) is 89.3 Å². The molecule has 1 atom stereocenters. The molecule has 8 heteroatoms. The number of halogens is 1. The van der Waals surface area contributed by atoms with Gasteiger partial charge in [0.25, 0.3) is 5.91 Å². The van der Waals surface area contributed by atoms with Crippen molar-refractivity contribution in [1.82, 2.24) is 20.1 Å². The molecule has 7 nitrogen and oxygen atoms in total. The fourth-order valence-corrected chi connectivity index (χ4v) is 2.49. The molecule has 0 radical (unpaired) electrons. The summed E-state index contributed by atoms with van der Waals surface area (Å²) < 4.78 is 20.0. The van der Waals surface area contributed by atoms with E-state index in [1.165, 1.54) is 17.1 Å². The minimum atomic E-state index is -0.813. The largest absolute Gasteiger partial charge is 0.497 e. The van der Waals surface area contributed by atoms with Crippen LogP contribution in [0.1, 0.15) is 27.8 Å². The van der Waals surface area contributed by atoms with Gasteiger partial charge in [-0.05, 0) is 23.8 Å². The molecule has 0 unspecified atom stereocenters. The maximum atomic E-state index is 13.6. The summed E-state index contributed by atoms with van der Waals surface area (Å²) in [5.41, 5.74) is 1.07. The number of nitrogens with zero attached hydrogens (tertiary/aromatic N) is 3. The summed E-state index contributed by atoms with van der Waals surface area (Å²) >= 11 is 0. The van der Waals surface area contributed by atoms with Gasteiger partial charge in [0.2, 0.25) is 5.82 Å². The second-order valence-corrected chi connectivity index (χ2v) is 5.85. The van der Waals surface area contributed by atoms with Crippen molar-refractivity contribution in [2.45, 2.75) is 19.2 Å². The minimum Gasteiger partial charge on any atom is -0.497 e. The second kappa shape index (κ2) is 8.41. The summed E-state index contributed by atoms with van der Waals surface area (Å²) in [6.07, 6.45) is 0.553. The Labute approximate surface area is 155 Å². The van der Waals surface area contributed by atoms with E-state index in [0.29, 0.717) is 16.9 Å². The van der Waals surface area contributed by atoms with Gasteiger partial charge in [0, 0.05) is 12.1 Å². The lowest BCUT2D eigenvalue weighted by atomic mass is 10.1. The number of ether oxygens (including phenoxy) is 1. The van der Waals surface area contributed by atoms with Gasteiger partial charge in [-0.25, -0.2) is 14.1 Å². The van der Waals surface area contributed by atoms with Gasteiger partial charge >= 0.3 is 0 Å². The average molecular weight is 370 g/mol. The average Bonchev–Trinajstić information content (AvgIpc) is 3.15. The van der Waals surface area contributed by atoms with Crippen molar-refractivity contribution in [3.8, 4) is 5.75 Å². The zero-order valence-corrected chi connectivity index (χ0v) is 14.7. The van der Waals surface area contributed by atoms with Crippen molar-refractivity contribution in [2.75, 3.05) is 7.11 Å². The van der Waals surface area contributed by atoms with E-state index in [0.717, 1.165) is 0 Å². The van der Waals surface area contributed by atoms with E-state index in [4.69, 9.17) is 4.74 Å². The predicted octanol–water partition coefficient (Wildman–Crippen LogP) is 2.09. The highest BCUT2D eigenvalue weighted by atomic mass is 19.1. The van der Waals surface area contributed by atoms with Gasteiger partial charge in [-0.1, -0.05) is 30.3 Å². The molecule has 0 aliphatic heterocycles. The number of hydrogen-bond acceptors (Lipinski definition) is 5. The number of hydrogen-bond donors (Lipinski definition) is 2. The molecule has 1 heterocycles. The van der Waals surface area contributed by atoms with Crippen molar-refractivity contribution in [3.63, 3.8) is 0 Å². The number of aliphatic hydroxyl groups is 1. The van der Waals surface area contributed by atoms with Crippen LogP contribution in [0, 0.1) is 5.82 Å². The molecular formula is C19H19FN4O3. The molecule has 27 heavy (non-hydrogen) atoms. The fourth-order valence-electron chi connectivity index (χ4n) is 2.49. The first kappa shape index (κ1) is 18.5. The number of aromatic nitrogens is 3. The number of carbonyl (C=O) groups excluding carboxylic acids is 1. The molecule has 0 spiro atoms. The third kappa shape index (κ3) is 4.68. The first-order valence-corrected chi connectivity index (χ1v) is 8.30. The van der Waals surface area contributed by atoms with Crippen LogP contribution in [0.25, 0.3) is 0 Å². The number of rotatable bonds is 7. The van der Waals surface area contributed by atoms with E-state index in [-0.39, 0.29) is 24.7 Å². The van der Waals surface area contributed by atoms with Crippen molar-refractivity contribution >= 4 is 5.91 Å². The predicted molar refractivity (Wildman–Crippen MR) is 95.5 cm³/mol. The van der Waals surface area contributed by atoms with Crippen molar-refractivity contribution in [1.29, 1.82) is 0 Å². The van der Waals surface area contributed by atoms with E-state index < -0.39 is 12.0 Å². The van der Waals surface area contributed by atoms with Crippen molar-refractivity contribution < 1.29 is 19.0 Å². The molecule has 0 fully saturated rings. The summed E-state index contributed by atoms with van der Waals surface area (Å²) in [5.74, 6) is -0.261. The third-order valence-electron chi connectivity index (χ3n) is 4.00. The van der Waals surface area contributed by atoms with Crippen LogP contribution in [0.5, 0.6) is 5.75 Å². The summed E-state index contributed by atoms with van der Waals surface area (Å²) in [5, 5.41) is 16.9. The summed E-state index contributed by atoms with van der Waals surface area (Å²) in [7, 11) is 1.57. The number of methoxy groups -OCH3 is 1. The zero-order valence-electron chi connectivity index (χ0n) is 14.7. The number of benzene rings is 2. The van der Waals surface area contributed by atoms with Crippen LogP contribution in [0.2, 0.25) is 0 Å². The van der Waals surface area contributed by atoms with Gasteiger partial charge in [0.05, 0.1) is 19.8 Å². The highest BCUT2D eigenvalue weighted by Gasteiger charge is 2.14. The maximum Gasteiger partial charge on any atom is 0.291 e. The van der Waals surface area contributed by atoms with E-state index in [2.05, 4.69) is 15.4 Å². The normalized spacial score (nSPS) is 11.8. The van der Waals surface area contributed by atoms with Crippen LogP contribution in [-0.4, -0.2) is 32.9 Å². The molecule has 0 aliphatic carbocycles. The third-order valence-corrected chi connectivity index (χ3v) is 4.00. The smallest absolute Gasteiger partial charge is 0.291 e. The van der Waals surface area contributed by atoms with Crippen LogP contribution in [0.3, 0.4) is 0 Å². The van der Waals surface area contributed by atoms with Gasteiger partial charge in [-0.15, -0.1) is 5.10 Å². The van der Waals surface area contributed by atoms with Crippen molar-refractivity contribution in [3.05, 3.63) is 77.6 Å². The van der Waals surface area contributed by atoms with Gasteiger partial charge in [-0.2, -0.15) is 0 Å². The standard InChI is InChI=1S/C19H19FN4O3/c1-27-15-8-6-13(7-9-15)17(25)11-24-12-22-18(23-24)19(26)21-10-14-4-2-3-5-16(14)20/h2-9,12,17,25H,10-11H2,1H3,(H,21,26)/t17-/m0/s1. The molecule has 3 rings (SSSR count). The number of nitrogens with one attached hydrogen (secondary N) is 1. The lowest BCUT2D eigenvalue weighted by Crippen LogP contribution is -2.24. The molecule has 0 saturated heterocycles. The zero-order chi connectivity index (χ0) is 19.2. The minimum absolute atomic E-state index is 0.0362. The molecule has 0 saturated carbocycles. The van der Waals surface area contributed by atoms with Gasteiger partial charge < -0.3 is 15.2 Å². The molecule has 2 N–H and O–H groups in total. The number of amides is 1. The van der Waals surface area contributed by atoms with Gasteiger partial charge in [0.1, 0.15) is 17.9 Å². The van der Waals surface area contributed by atoms with Crippen LogP contribution in [0.4, 0.5) is 4.39 Å². The Bertz CT molecular complexity index is 911. The molecule has 140 valence electrons. The number of carbonyl (C=O) groups is 1. The van der Waals surface area contributed by atoms with Gasteiger partial charge in [-0.3, -0.25) is 4.79 Å². The van der Waals surface area contributed by atoms with Crippen LogP contribution in [-0.2, 0) is 13.1 Å². The molecule has 1 amide bonds. The van der Waals surface area contributed by atoms with Crippen LogP contribution in [0.15, 0.2) is 54.9 Å². The molecule has 2 aromatic carbocycles. The highest BCUT2D eigenvalue weighted by molar-refractivity contribution is 5.90. The Morgan fingerprint density at radius 1 is 1.26 bits per heavy atom. The fraction of sp³-hybridized carbons (Fsp3) is 0.211. The lowest BCUT2D eigenvalue weighted by molar-refractivity contribution is 0.0938. The summed E-state index contributed by atoms with van der Waals surface area (Å²) in [6, 6.07) is 13.2. The Morgan fingerprint density at radius 2 is 2.00 bits per heavy atom. The molecule has 3 aromatic rings. The number of aliphatic hydroxyl groups excluding tert-OH is 1. The highest BCUT2D eigenvalue weighted by Crippen LogP contribution is 2.18. The molecule has 0 bridgehead atoms. The SMILES string of the molecule is COc1ccc([C@@H](O)Cn2cnc(C(=O)NCc3ccccc3F)n2)cc1. The Morgan fingerprint density at radius 3 is 2.70 bits per heavy atom. The van der Waals surface area contributed by atoms with E-state index in [1.54, 1.807) is 49.6 Å². The Kier molecular flexibility index (Phi) is 5.77. The maximum absolute atomic E-state index is 13.6. The summed E-state index contributed by atoms with van der Waals surface area (Å²) in [4.78, 5) is 16.1. The van der Waals surface area contributed by atoms with Crippen LogP contribution < -0.4 is 10.1 Å². The van der Waals surface area contributed by atoms with Crippen molar-refractivity contribution in [2.24, 2.45) is 0 Å². The molecule has 1 aromatic heterocycles. The van der Waals surface area contributed by atoms with E-state index >= 15 is 0 Å². The Hall–Kier alpha value is -3.26. The van der Waals surface area contributed by atoms with Gasteiger partial charge in [0.15, 0.2) is 0 Å². The van der Waals surface area contributed by atoms with E-state index in [9.17, 15) is 14.3 Å². The first-order valence-electron chi connectivity index (χ1n) is 8.30. The molecule has 0 aliphatic rings. The summed E-state index contributed by atoms with van der Waals surface area (Å²) in [6.45, 7) is 0.175. The second-order valence-electron chi connectivity index (χ2n) is 5.85. The lowest BCUT2D eigenvalue weighted by Gasteiger charge is -2.11. The van der Waals surface area contributed by atoms with E-state index in [1.807, 2.05) is 0 Å². The molecular weight excluding hydrogens is 351 g/mol. The van der Waals surface area contributed by atoms with Crippen LogP contribution >= 0.6 is 0 Å². The quantitative estimate of drug-likeness (QED) is 0.665.